The molecular weight excluding hydrogens is 504 g/mol. The maximum atomic E-state index is 15.3. The second kappa shape index (κ2) is 11.4. The van der Waals surface area contributed by atoms with Gasteiger partial charge >= 0.3 is 5.97 Å². The minimum Gasteiger partial charge on any atom is -0.478 e. The van der Waals surface area contributed by atoms with Crippen LogP contribution in [0.25, 0.3) is 11.1 Å². The first-order valence-electron chi connectivity index (χ1n) is 13.2. The number of carboxylic acid groups (broad SMARTS) is 1. The zero-order valence-corrected chi connectivity index (χ0v) is 22.3. The first-order valence-corrected chi connectivity index (χ1v) is 13.6. The van der Waals surface area contributed by atoms with E-state index in [1.807, 2.05) is 55.5 Å². The van der Waals surface area contributed by atoms with E-state index in [1.165, 1.54) is 0 Å². The van der Waals surface area contributed by atoms with Crippen LogP contribution in [-0.2, 0) is 6.42 Å². The van der Waals surface area contributed by atoms with E-state index in [2.05, 4.69) is 4.90 Å². The summed E-state index contributed by atoms with van der Waals surface area (Å²) in [6, 6.07) is 19.0. The summed E-state index contributed by atoms with van der Waals surface area (Å²) in [6.07, 6.45) is 1.85. The van der Waals surface area contributed by atoms with Crippen molar-refractivity contribution in [1.29, 1.82) is 0 Å². The van der Waals surface area contributed by atoms with Gasteiger partial charge in [0, 0.05) is 25.6 Å². The molecule has 1 fully saturated rings. The minimum atomic E-state index is -1.06. The molecule has 0 aromatic heterocycles. The predicted molar refractivity (Wildman–Crippen MR) is 149 cm³/mol. The largest absolute Gasteiger partial charge is 0.478 e. The Labute approximate surface area is 227 Å². The van der Waals surface area contributed by atoms with Crippen molar-refractivity contribution in [1.82, 2.24) is 4.90 Å². The van der Waals surface area contributed by atoms with E-state index in [4.69, 9.17) is 11.6 Å². The average Bonchev–Trinajstić information content (AvgIpc) is 3.08. The molecule has 3 nitrogen and oxygen atoms in total. The van der Waals surface area contributed by atoms with Crippen molar-refractivity contribution in [3.05, 3.63) is 105 Å². The number of likely N-dealkylation sites (tertiary alicyclic amines) is 1. The number of carboxylic acids is 1. The summed E-state index contributed by atoms with van der Waals surface area (Å²) in [5.41, 5.74) is 7.98. The number of rotatable bonds is 8. The zero-order chi connectivity index (χ0) is 26.8. The van der Waals surface area contributed by atoms with Gasteiger partial charge in [0.15, 0.2) is 0 Å². The molecule has 2 aliphatic rings. The number of aromatic carboxylic acids is 1. The summed E-state index contributed by atoms with van der Waals surface area (Å²) in [7, 11) is 0. The van der Waals surface area contributed by atoms with Gasteiger partial charge in [-0.15, -0.1) is 0 Å². The van der Waals surface area contributed by atoms with Crippen LogP contribution in [0.1, 0.15) is 69.2 Å². The van der Waals surface area contributed by atoms with Crippen LogP contribution in [0.4, 0.5) is 8.78 Å². The van der Waals surface area contributed by atoms with Gasteiger partial charge in [-0.25, -0.2) is 9.18 Å². The molecule has 0 spiro atoms. The lowest BCUT2D eigenvalue weighted by atomic mass is 9.85. The summed E-state index contributed by atoms with van der Waals surface area (Å²) in [4.78, 5) is 13.8. The number of hydrogen-bond acceptors (Lipinski definition) is 2. The van der Waals surface area contributed by atoms with Crippen LogP contribution in [0.3, 0.4) is 0 Å². The van der Waals surface area contributed by atoms with Crippen molar-refractivity contribution in [3.8, 4) is 0 Å². The minimum absolute atomic E-state index is 0.0746. The molecular formula is C32H32ClF2NO2. The zero-order valence-electron chi connectivity index (χ0n) is 21.5. The van der Waals surface area contributed by atoms with Crippen molar-refractivity contribution in [2.45, 2.75) is 38.8 Å². The van der Waals surface area contributed by atoms with Gasteiger partial charge in [0.2, 0.25) is 0 Å². The Hall–Kier alpha value is -3.02. The summed E-state index contributed by atoms with van der Waals surface area (Å²) in [5.74, 6) is -1.02. The number of allylic oxidation sites excluding steroid dienone is 1. The Bertz CT molecular complexity index is 1360. The molecule has 198 valence electrons. The first-order chi connectivity index (χ1) is 18.4. The lowest BCUT2D eigenvalue weighted by Gasteiger charge is -2.41. The highest BCUT2D eigenvalue weighted by Gasteiger charge is 2.34. The molecule has 0 saturated carbocycles. The molecule has 1 saturated heterocycles. The number of halogens is 3. The lowest BCUT2D eigenvalue weighted by Crippen LogP contribution is -2.48. The Morgan fingerprint density at radius 2 is 1.84 bits per heavy atom. The van der Waals surface area contributed by atoms with E-state index < -0.39 is 12.1 Å². The fourth-order valence-corrected chi connectivity index (χ4v) is 6.01. The maximum absolute atomic E-state index is 15.3. The molecule has 3 aromatic rings. The smallest absolute Gasteiger partial charge is 0.335 e. The lowest BCUT2D eigenvalue weighted by molar-refractivity contribution is 0.0364. The van der Waals surface area contributed by atoms with E-state index in [0.717, 1.165) is 58.2 Å². The molecule has 5 rings (SSSR count). The van der Waals surface area contributed by atoms with Crippen LogP contribution in [0.15, 0.2) is 60.7 Å². The van der Waals surface area contributed by atoms with Crippen molar-refractivity contribution in [2.24, 2.45) is 5.92 Å². The number of benzene rings is 3. The van der Waals surface area contributed by atoms with Crippen molar-refractivity contribution >= 4 is 28.7 Å². The van der Waals surface area contributed by atoms with Gasteiger partial charge < -0.3 is 10.0 Å². The van der Waals surface area contributed by atoms with E-state index in [0.29, 0.717) is 36.6 Å². The molecule has 0 bridgehead atoms. The van der Waals surface area contributed by atoms with Gasteiger partial charge in [-0.1, -0.05) is 60.1 Å². The molecule has 3 aromatic carbocycles. The van der Waals surface area contributed by atoms with E-state index in [1.54, 1.807) is 12.1 Å². The summed E-state index contributed by atoms with van der Waals surface area (Å²) < 4.78 is 27.8. The Morgan fingerprint density at radius 1 is 1.08 bits per heavy atom. The Morgan fingerprint density at radius 3 is 2.55 bits per heavy atom. The number of fused-ring (bicyclic) bond motifs is 1. The molecule has 1 atom stereocenters. The average molecular weight is 536 g/mol. The molecule has 1 aliphatic carbocycles. The molecule has 1 heterocycles. The van der Waals surface area contributed by atoms with Gasteiger partial charge in [-0.2, -0.15) is 0 Å². The van der Waals surface area contributed by atoms with Gasteiger partial charge in [0.25, 0.3) is 0 Å². The Balaban J connectivity index is 1.54. The number of carbonyl (C=O) groups is 1. The highest BCUT2D eigenvalue weighted by molar-refractivity contribution is 6.33. The quantitative estimate of drug-likeness (QED) is 0.318. The number of aryl methyl sites for hydroxylation is 2. The van der Waals surface area contributed by atoms with Gasteiger partial charge in [0.05, 0.1) is 17.3 Å². The topological polar surface area (TPSA) is 40.5 Å². The second-order valence-electron chi connectivity index (χ2n) is 10.4. The van der Waals surface area contributed by atoms with Crippen LogP contribution < -0.4 is 0 Å². The number of alkyl halides is 2. The monoisotopic (exact) mass is 535 g/mol. The molecule has 6 heteroatoms. The first kappa shape index (κ1) is 26.6. The fourth-order valence-electron chi connectivity index (χ4n) is 5.77. The van der Waals surface area contributed by atoms with Crippen LogP contribution in [0.2, 0.25) is 5.02 Å². The highest BCUT2D eigenvalue weighted by Crippen LogP contribution is 2.43. The molecule has 0 amide bonds. The highest BCUT2D eigenvalue weighted by atomic mass is 35.5. The van der Waals surface area contributed by atoms with Crippen LogP contribution >= 0.6 is 11.6 Å². The van der Waals surface area contributed by atoms with Gasteiger partial charge in [0.1, 0.15) is 6.17 Å². The maximum Gasteiger partial charge on any atom is 0.335 e. The van der Waals surface area contributed by atoms with E-state index >= 15 is 4.39 Å². The Kier molecular flexibility index (Phi) is 7.96. The number of hydrogen-bond donors (Lipinski definition) is 1. The summed E-state index contributed by atoms with van der Waals surface area (Å²) >= 11 is 6.81. The van der Waals surface area contributed by atoms with Crippen LogP contribution in [0, 0.1) is 12.8 Å². The van der Waals surface area contributed by atoms with Crippen molar-refractivity contribution in [3.63, 3.8) is 0 Å². The second-order valence-corrected chi connectivity index (χ2v) is 10.8. The van der Waals surface area contributed by atoms with Crippen LogP contribution in [-0.4, -0.2) is 42.3 Å². The van der Waals surface area contributed by atoms with Gasteiger partial charge in [-0.05, 0) is 89.3 Å². The van der Waals surface area contributed by atoms with Crippen molar-refractivity contribution in [2.75, 3.05) is 26.3 Å². The summed E-state index contributed by atoms with van der Waals surface area (Å²) in [5, 5.41) is 10.3. The standard InChI is InChI=1S/C32H32ClF2NO2/c1-20-5-2-8-28(30(20)33)27-7-3-6-23-17-24(32(37)38)13-14-26(23)29(27)21-9-11-22(12-10-21)31(35)25-18-36(19-25)16-4-15-34/h2,5,8-14,17,25,31H,3-4,6-7,15-16,18-19H2,1H3,(H,37,38). The van der Waals surface area contributed by atoms with Gasteiger partial charge in [-0.3, -0.25) is 4.39 Å². The van der Waals surface area contributed by atoms with E-state index in [-0.39, 0.29) is 18.2 Å². The van der Waals surface area contributed by atoms with Crippen molar-refractivity contribution < 1.29 is 18.7 Å². The molecule has 38 heavy (non-hydrogen) atoms. The SMILES string of the molecule is Cc1cccc(C2=C(c3ccc(C(F)C4CN(CCCF)C4)cc3)c3ccc(C(=O)O)cc3CCC2)c1Cl. The third-order valence-corrected chi connectivity index (χ3v) is 8.34. The predicted octanol–water partition coefficient (Wildman–Crippen LogP) is 7.94. The van der Waals surface area contributed by atoms with E-state index in [9.17, 15) is 14.3 Å². The molecule has 1 N–H and O–H groups in total. The number of nitrogens with zero attached hydrogens (tertiary/aromatic N) is 1. The normalized spacial score (nSPS) is 17.1. The molecule has 1 aliphatic heterocycles. The summed E-state index contributed by atoms with van der Waals surface area (Å²) in [6.45, 7) is 3.64. The molecule has 1 unspecified atom stereocenters. The third kappa shape index (κ3) is 5.27. The third-order valence-electron chi connectivity index (χ3n) is 7.84. The molecule has 0 radical (unpaired) electrons. The van der Waals surface area contributed by atoms with Crippen LogP contribution in [0.5, 0.6) is 0 Å². The fraction of sp³-hybridized carbons (Fsp3) is 0.344.